The standard InChI is InChI=1S/C22H31NO2.C2H6/c1-16(6-7-17-10-13-20(24)21(14-17)25-5)23-15-18-8-11-19(12-9-18)22(2,3)4;1-2/h8-14,16,23-24H,6-7,15H2,1-5H3;1-2H3. The molecule has 0 radical (unpaired) electrons. The number of methoxy groups -OCH3 is 1. The van der Waals surface area contributed by atoms with Gasteiger partial charge in [-0.3, -0.25) is 0 Å². The normalized spacial score (nSPS) is 12.1. The zero-order valence-electron chi connectivity index (χ0n) is 18.1. The van der Waals surface area contributed by atoms with E-state index in [-0.39, 0.29) is 11.2 Å². The molecule has 0 aromatic heterocycles. The van der Waals surface area contributed by atoms with Gasteiger partial charge >= 0.3 is 0 Å². The number of phenolic OH excluding ortho intramolecular Hbond substituents is 1. The Morgan fingerprint density at radius 3 is 2.15 bits per heavy atom. The predicted molar refractivity (Wildman–Crippen MR) is 116 cm³/mol. The summed E-state index contributed by atoms with van der Waals surface area (Å²) in [4.78, 5) is 0. The maximum Gasteiger partial charge on any atom is 0.160 e. The highest BCUT2D eigenvalue weighted by atomic mass is 16.5. The predicted octanol–water partition coefficient (Wildman–Crippen LogP) is 5.84. The molecule has 0 aliphatic heterocycles. The van der Waals surface area contributed by atoms with Crippen LogP contribution in [0.1, 0.15) is 64.7 Å². The zero-order valence-corrected chi connectivity index (χ0v) is 18.1. The lowest BCUT2D eigenvalue weighted by Crippen LogP contribution is -2.26. The number of aromatic hydroxyl groups is 1. The first-order valence-corrected chi connectivity index (χ1v) is 9.98. The third-order valence-electron chi connectivity index (χ3n) is 4.58. The molecular formula is C24H37NO2. The van der Waals surface area contributed by atoms with E-state index in [1.807, 2.05) is 26.0 Å². The van der Waals surface area contributed by atoms with Gasteiger partial charge in [-0.15, -0.1) is 0 Å². The van der Waals surface area contributed by atoms with Gasteiger partial charge in [-0.25, -0.2) is 0 Å². The fourth-order valence-electron chi connectivity index (χ4n) is 2.78. The van der Waals surface area contributed by atoms with Gasteiger partial charge in [0.15, 0.2) is 11.5 Å². The monoisotopic (exact) mass is 371 g/mol. The lowest BCUT2D eigenvalue weighted by molar-refractivity contribution is 0.372. The van der Waals surface area contributed by atoms with Gasteiger partial charge < -0.3 is 15.2 Å². The van der Waals surface area contributed by atoms with E-state index in [1.54, 1.807) is 13.2 Å². The summed E-state index contributed by atoms with van der Waals surface area (Å²) in [6.07, 6.45) is 1.99. The Bertz CT molecular complexity index is 672. The van der Waals surface area contributed by atoms with Gasteiger partial charge in [0.2, 0.25) is 0 Å². The molecule has 0 saturated carbocycles. The molecule has 0 spiro atoms. The van der Waals surface area contributed by atoms with Gasteiger partial charge in [-0.2, -0.15) is 0 Å². The summed E-state index contributed by atoms with van der Waals surface area (Å²) in [6.45, 7) is 13.8. The van der Waals surface area contributed by atoms with Crippen LogP contribution in [0.4, 0.5) is 0 Å². The lowest BCUT2D eigenvalue weighted by Gasteiger charge is -2.19. The summed E-state index contributed by atoms with van der Waals surface area (Å²) in [5.74, 6) is 0.730. The minimum atomic E-state index is 0.191. The highest BCUT2D eigenvalue weighted by Gasteiger charge is 2.13. The Morgan fingerprint density at radius 2 is 1.59 bits per heavy atom. The SMILES string of the molecule is CC.COc1cc(CCC(C)NCc2ccc(C(C)(C)C)cc2)ccc1O. The highest BCUT2D eigenvalue weighted by molar-refractivity contribution is 5.41. The van der Waals surface area contributed by atoms with Gasteiger partial charge in [0.1, 0.15) is 0 Å². The van der Waals surface area contributed by atoms with Crippen molar-refractivity contribution in [2.75, 3.05) is 7.11 Å². The average Bonchev–Trinajstić information content (AvgIpc) is 2.67. The van der Waals surface area contributed by atoms with Crippen LogP contribution >= 0.6 is 0 Å². The molecule has 1 atom stereocenters. The first-order chi connectivity index (χ1) is 12.8. The van der Waals surface area contributed by atoms with Crippen LogP contribution in [0.15, 0.2) is 42.5 Å². The van der Waals surface area contributed by atoms with E-state index in [4.69, 9.17) is 4.74 Å². The van der Waals surface area contributed by atoms with Crippen LogP contribution in [0.5, 0.6) is 11.5 Å². The van der Waals surface area contributed by atoms with Crippen molar-refractivity contribution >= 4 is 0 Å². The fourth-order valence-corrected chi connectivity index (χ4v) is 2.78. The van der Waals surface area contributed by atoms with Crippen molar-refractivity contribution in [3.63, 3.8) is 0 Å². The van der Waals surface area contributed by atoms with Crippen LogP contribution in [-0.2, 0) is 18.4 Å². The topological polar surface area (TPSA) is 41.5 Å². The quantitative estimate of drug-likeness (QED) is 0.643. The maximum atomic E-state index is 9.65. The molecule has 2 N–H and O–H groups in total. The first-order valence-electron chi connectivity index (χ1n) is 9.98. The summed E-state index contributed by atoms with van der Waals surface area (Å²) in [6, 6.07) is 14.9. The Balaban J connectivity index is 0.00000176. The van der Waals surface area contributed by atoms with Crippen molar-refractivity contribution in [1.29, 1.82) is 0 Å². The van der Waals surface area contributed by atoms with Crippen molar-refractivity contribution in [3.8, 4) is 11.5 Å². The highest BCUT2D eigenvalue weighted by Crippen LogP contribution is 2.27. The third kappa shape index (κ3) is 7.64. The third-order valence-corrected chi connectivity index (χ3v) is 4.58. The molecule has 0 aliphatic rings. The molecule has 3 nitrogen and oxygen atoms in total. The molecule has 3 heteroatoms. The number of rotatable bonds is 7. The van der Waals surface area contributed by atoms with Gasteiger partial charge in [0, 0.05) is 12.6 Å². The number of nitrogens with one attached hydrogen (secondary N) is 1. The average molecular weight is 372 g/mol. The zero-order chi connectivity index (χ0) is 20.4. The van der Waals surface area contributed by atoms with E-state index in [9.17, 15) is 5.11 Å². The summed E-state index contributed by atoms with van der Waals surface area (Å²) in [5.41, 5.74) is 4.05. The van der Waals surface area contributed by atoms with Crippen LogP contribution < -0.4 is 10.1 Å². The molecule has 0 heterocycles. The lowest BCUT2D eigenvalue weighted by atomic mass is 9.87. The van der Waals surface area contributed by atoms with E-state index in [2.05, 4.69) is 57.3 Å². The summed E-state index contributed by atoms with van der Waals surface area (Å²) < 4.78 is 5.17. The van der Waals surface area contributed by atoms with Gasteiger partial charge in [0.05, 0.1) is 7.11 Å². The van der Waals surface area contributed by atoms with Gasteiger partial charge in [-0.1, -0.05) is 65.0 Å². The minimum absolute atomic E-state index is 0.191. The largest absolute Gasteiger partial charge is 0.504 e. The Hall–Kier alpha value is -2.00. The summed E-state index contributed by atoms with van der Waals surface area (Å²) >= 11 is 0. The summed E-state index contributed by atoms with van der Waals surface area (Å²) in [5, 5.41) is 13.2. The van der Waals surface area contributed by atoms with Crippen LogP contribution in [-0.4, -0.2) is 18.3 Å². The maximum absolute atomic E-state index is 9.65. The van der Waals surface area contributed by atoms with E-state index in [0.29, 0.717) is 11.8 Å². The Kier molecular flexibility index (Phi) is 9.37. The summed E-state index contributed by atoms with van der Waals surface area (Å²) in [7, 11) is 1.58. The molecular weight excluding hydrogens is 334 g/mol. The molecule has 150 valence electrons. The second-order valence-electron chi connectivity index (χ2n) is 7.77. The van der Waals surface area contributed by atoms with Crippen LogP contribution in [0, 0.1) is 0 Å². The van der Waals surface area contributed by atoms with Crippen molar-refractivity contribution in [2.45, 2.75) is 72.4 Å². The molecule has 0 amide bonds. The smallest absolute Gasteiger partial charge is 0.160 e. The van der Waals surface area contributed by atoms with Crippen molar-refractivity contribution in [1.82, 2.24) is 5.32 Å². The Labute approximate surface area is 165 Å². The number of ether oxygens (including phenoxy) is 1. The first kappa shape index (κ1) is 23.0. The number of phenols is 1. The van der Waals surface area contributed by atoms with E-state index >= 15 is 0 Å². The van der Waals surface area contributed by atoms with Crippen molar-refractivity contribution in [3.05, 3.63) is 59.2 Å². The fraction of sp³-hybridized carbons (Fsp3) is 0.500. The van der Waals surface area contributed by atoms with E-state index < -0.39 is 0 Å². The van der Waals surface area contributed by atoms with Gasteiger partial charge in [0.25, 0.3) is 0 Å². The second-order valence-corrected chi connectivity index (χ2v) is 7.77. The molecule has 0 aliphatic carbocycles. The molecule has 0 fully saturated rings. The van der Waals surface area contributed by atoms with E-state index in [0.717, 1.165) is 19.4 Å². The number of benzene rings is 2. The second kappa shape index (κ2) is 11.0. The molecule has 1 unspecified atom stereocenters. The van der Waals surface area contributed by atoms with E-state index in [1.165, 1.54) is 16.7 Å². The van der Waals surface area contributed by atoms with Crippen LogP contribution in [0.3, 0.4) is 0 Å². The van der Waals surface area contributed by atoms with Gasteiger partial charge in [-0.05, 0) is 54.0 Å². The molecule has 2 aromatic carbocycles. The van der Waals surface area contributed by atoms with Crippen molar-refractivity contribution in [2.24, 2.45) is 0 Å². The molecule has 0 saturated heterocycles. The number of aryl methyl sites for hydroxylation is 1. The molecule has 0 bridgehead atoms. The van der Waals surface area contributed by atoms with Crippen LogP contribution in [0.2, 0.25) is 0 Å². The number of hydrogen-bond donors (Lipinski definition) is 2. The molecule has 2 aromatic rings. The van der Waals surface area contributed by atoms with Crippen LogP contribution in [0.25, 0.3) is 0 Å². The van der Waals surface area contributed by atoms with Crippen molar-refractivity contribution < 1.29 is 9.84 Å². The Morgan fingerprint density at radius 1 is 1.00 bits per heavy atom. The number of hydrogen-bond acceptors (Lipinski definition) is 3. The molecule has 2 rings (SSSR count). The minimum Gasteiger partial charge on any atom is -0.504 e. The molecule has 27 heavy (non-hydrogen) atoms.